The average molecular weight is 344 g/mol. The minimum Gasteiger partial charge on any atom is -0.283 e. The highest BCUT2D eigenvalue weighted by Crippen LogP contribution is 2.31. The van der Waals surface area contributed by atoms with E-state index < -0.39 is 0 Å². The molecular weight excluding hydrogens is 328 g/mol. The normalized spacial score (nSPS) is 19.0. The monoisotopic (exact) mass is 344 g/mol. The zero-order valence-electron chi connectivity index (χ0n) is 12.9. The van der Waals surface area contributed by atoms with Crippen LogP contribution in [0.5, 0.6) is 0 Å². The Kier molecular flexibility index (Phi) is 4.68. The minimum absolute atomic E-state index is 0.143. The molecule has 2 aliphatic heterocycles. The first-order valence-electron chi connectivity index (χ1n) is 7.34. The molecular formula is C16H16N4OS2. The number of hydrogen-bond acceptors (Lipinski definition) is 5. The highest BCUT2D eigenvalue weighted by Gasteiger charge is 2.37. The summed E-state index contributed by atoms with van der Waals surface area (Å²) in [6.45, 7) is 4.12. The van der Waals surface area contributed by atoms with Crippen LogP contribution >= 0.6 is 23.7 Å². The lowest BCUT2D eigenvalue weighted by Gasteiger charge is -2.24. The molecule has 3 rings (SSSR count). The minimum atomic E-state index is -0.383. The summed E-state index contributed by atoms with van der Waals surface area (Å²) in [7, 11) is 0. The average Bonchev–Trinajstić information content (AvgIpc) is 2.95. The van der Waals surface area contributed by atoms with Gasteiger partial charge in [-0.15, -0.1) is 0 Å². The Labute approximate surface area is 143 Å². The maximum atomic E-state index is 12.2. The van der Waals surface area contributed by atoms with E-state index in [2.05, 4.69) is 16.3 Å². The Bertz CT molecular complexity index is 750. The van der Waals surface area contributed by atoms with E-state index in [1.54, 1.807) is 11.0 Å². The fraction of sp³-hybridized carbons (Fsp3) is 0.250. The fourth-order valence-electron chi connectivity index (χ4n) is 2.24. The van der Waals surface area contributed by atoms with Gasteiger partial charge in [-0.1, -0.05) is 49.9 Å². The third-order valence-electron chi connectivity index (χ3n) is 3.47. The van der Waals surface area contributed by atoms with Crippen LogP contribution in [-0.2, 0) is 11.2 Å². The molecule has 0 aliphatic carbocycles. The second-order valence-corrected chi connectivity index (χ2v) is 6.90. The third-order valence-corrected chi connectivity index (χ3v) is 5.10. The molecule has 2 aliphatic rings. The Balaban J connectivity index is 1.93. The number of nitrogens with zero attached hydrogens (tertiary/aromatic N) is 3. The number of fused-ring (bicyclic) bond motifs is 1. The molecule has 1 aromatic rings. The molecule has 118 valence electrons. The topological polar surface area (TPSA) is 68.9 Å². The van der Waals surface area contributed by atoms with Crippen molar-refractivity contribution in [2.24, 2.45) is 9.39 Å². The molecule has 0 bridgehead atoms. The Hall–Kier alpha value is -1.86. The first kappa shape index (κ1) is 16.0. The second-order valence-electron chi connectivity index (χ2n) is 4.93. The van der Waals surface area contributed by atoms with Crippen LogP contribution < -0.4 is 0 Å². The number of thioether (sulfide) groups is 1. The molecule has 0 atom stereocenters. The van der Waals surface area contributed by atoms with E-state index in [9.17, 15) is 4.79 Å². The number of amidine groups is 3. The lowest BCUT2D eigenvalue weighted by atomic mass is 10.1. The van der Waals surface area contributed by atoms with Crippen molar-refractivity contribution in [3.8, 4) is 0 Å². The molecule has 5 nitrogen and oxygen atoms in total. The van der Waals surface area contributed by atoms with E-state index in [-0.39, 0.29) is 11.7 Å². The summed E-state index contributed by atoms with van der Waals surface area (Å²) in [5, 5.41) is 9.57. The largest absolute Gasteiger partial charge is 0.283 e. The Morgan fingerprint density at radius 3 is 2.70 bits per heavy atom. The van der Waals surface area contributed by atoms with Gasteiger partial charge >= 0.3 is 0 Å². The first-order chi connectivity index (χ1) is 11.1. The van der Waals surface area contributed by atoms with Crippen molar-refractivity contribution in [2.45, 2.75) is 20.3 Å². The highest BCUT2D eigenvalue weighted by molar-refractivity contribution is 8.19. The molecule has 1 amide bonds. The summed E-state index contributed by atoms with van der Waals surface area (Å²) >= 11 is 2.69. The number of benzene rings is 1. The summed E-state index contributed by atoms with van der Waals surface area (Å²) in [4.78, 5) is 18.0. The van der Waals surface area contributed by atoms with E-state index in [0.29, 0.717) is 15.9 Å². The Morgan fingerprint density at radius 2 is 2.04 bits per heavy atom. The molecule has 2 heterocycles. The quantitative estimate of drug-likeness (QED) is 0.672. The maximum Gasteiger partial charge on any atom is 0.283 e. The smallest absolute Gasteiger partial charge is 0.283 e. The van der Waals surface area contributed by atoms with Gasteiger partial charge in [0.15, 0.2) is 5.17 Å². The zero-order chi connectivity index (χ0) is 16.4. The summed E-state index contributed by atoms with van der Waals surface area (Å²) in [5.74, 6) is 0.609. The van der Waals surface area contributed by atoms with Crippen LogP contribution in [-0.4, -0.2) is 32.7 Å². The van der Waals surface area contributed by atoms with E-state index in [1.807, 2.05) is 31.2 Å². The number of hydrogen-bond donors (Lipinski definition) is 1. The molecule has 23 heavy (non-hydrogen) atoms. The summed E-state index contributed by atoms with van der Waals surface area (Å²) in [6.07, 6.45) is 2.69. The Morgan fingerprint density at radius 1 is 1.30 bits per heavy atom. The van der Waals surface area contributed by atoms with Crippen molar-refractivity contribution in [3.63, 3.8) is 0 Å². The van der Waals surface area contributed by atoms with Crippen LogP contribution in [0, 0.1) is 5.41 Å². The molecule has 0 aromatic heterocycles. The van der Waals surface area contributed by atoms with Crippen molar-refractivity contribution in [1.82, 2.24) is 4.90 Å². The van der Waals surface area contributed by atoms with Crippen molar-refractivity contribution < 1.29 is 4.79 Å². The highest BCUT2D eigenvalue weighted by atomic mass is 32.2. The molecule has 0 saturated heterocycles. The van der Waals surface area contributed by atoms with Crippen molar-refractivity contribution in [1.29, 1.82) is 5.41 Å². The number of carbonyl (C=O) groups excluding carboxylic acids is 1. The maximum absolute atomic E-state index is 12.2. The van der Waals surface area contributed by atoms with Crippen LogP contribution in [0.2, 0.25) is 0 Å². The van der Waals surface area contributed by atoms with E-state index in [0.717, 1.165) is 29.7 Å². The van der Waals surface area contributed by atoms with E-state index >= 15 is 0 Å². The van der Waals surface area contributed by atoms with Gasteiger partial charge < -0.3 is 0 Å². The third kappa shape index (κ3) is 3.11. The van der Waals surface area contributed by atoms with E-state index in [4.69, 9.17) is 5.41 Å². The van der Waals surface area contributed by atoms with Crippen LogP contribution in [0.1, 0.15) is 25.0 Å². The SMILES string of the molecule is CCSC1=NSC2=NC(=O)C(=Cc3ccc(CC)cc3)C(=N)N12. The molecule has 0 fully saturated rings. The van der Waals surface area contributed by atoms with Gasteiger partial charge in [0.25, 0.3) is 5.91 Å². The zero-order valence-corrected chi connectivity index (χ0v) is 14.5. The number of aryl methyl sites for hydroxylation is 1. The molecule has 0 saturated carbocycles. The van der Waals surface area contributed by atoms with Crippen molar-refractivity contribution in [3.05, 3.63) is 41.0 Å². The van der Waals surface area contributed by atoms with Gasteiger partial charge in [-0.2, -0.15) is 9.39 Å². The number of amides is 1. The summed E-state index contributed by atoms with van der Waals surface area (Å²) in [5.41, 5.74) is 2.43. The van der Waals surface area contributed by atoms with Gasteiger partial charge in [0.05, 0.1) is 17.5 Å². The van der Waals surface area contributed by atoms with Crippen LogP contribution in [0.4, 0.5) is 0 Å². The molecule has 1 aromatic carbocycles. The second kappa shape index (κ2) is 6.72. The van der Waals surface area contributed by atoms with Gasteiger partial charge in [0.2, 0.25) is 5.17 Å². The van der Waals surface area contributed by atoms with Crippen molar-refractivity contribution >= 4 is 51.9 Å². The van der Waals surface area contributed by atoms with Gasteiger partial charge in [-0.05, 0) is 29.4 Å². The van der Waals surface area contributed by atoms with Crippen LogP contribution in [0.15, 0.2) is 39.2 Å². The molecule has 0 spiro atoms. The number of rotatable bonds is 3. The molecule has 7 heteroatoms. The van der Waals surface area contributed by atoms with Gasteiger partial charge in [0.1, 0.15) is 5.84 Å². The van der Waals surface area contributed by atoms with Crippen molar-refractivity contribution in [2.75, 3.05) is 5.75 Å². The van der Waals surface area contributed by atoms with E-state index in [1.165, 1.54) is 17.3 Å². The fourth-order valence-corrected chi connectivity index (χ4v) is 3.81. The predicted molar refractivity (Wildman–Crippen MR) is 99.0 cm³/mol. The van der Waals surface area contributed by atoms with Crippen LogP contribution in [0.3, 0.4) is 0 Å². The number of aliphatic imine (C=N–C) groups is 1. The van der Waals surface area contributed by atoms with Gasteiger partial charge in [0, 0.05) is 0 Å². The van der Waals surface area contributed by atoms with Gasteiger partial charge in [-0.25, -0.2) is 4.90 Å². The summed E-state index contributed by atoms with van der Waals surface area (Å²) < 4.78 is 4.29. The van der Waals surface area contributed by atoms with Gasteiger partial charge in [-0.3, -0.25) is 10.2 Å². The van der Waals surface area contributed by atoms with Crippen LogP contribution in [0.25, 0.3) is 6.08 Å². The summed E-state index contributed by atoms with van der Waals surface area (Å²) in [6, 6.07) is 7.98. The number of carbonyl (C=O) groups is 1. The standard InChI is InChI=1S/C16H16N4OS2/c1-3-10-5-7-11(8-6-10)9-12-13(17)20-15(18-14(12)21)23-19-16(20)22-4-2/h5-9,17H,3-4H2,1-2H3. The first-order valence-corrected chi connectivity index (χ1v) is 9.10. The number of nitrogens with one attached hydrogen (secondary N) is 1. The molecule has 0 unspecified atom stereocenters. The molecule has 0 radical (unpaired) electrons. The molecule has 1 N–H and O–H groups in total. The predicted octanol–water partition coefficient (Wildman–Crippen LogP) is 3.58. The lowest BCUT2D eigenvalue weighted by Crippen LogP contribution is -2.41. The lowest BCUT2D eigenvalue weighted by molar-refractivity contribution is -0.114.